The summed E-state index contributed by atoms with van der Waals surface area (Å²) in [4.78, 5) is 12.2. The van der Waals surface area contributed by atoms with E-state index in [4.69, 9.17) is 9.47 Å². The van der Waals surface area contributed by atoms with Crippen LogP contribution in [0.15, 0.2) is 28.7 Å². The fourth-order valence-electron chi connectivity index (χ4n) is 3.21. The number of hydrogen-bond acceptors (Lipinski definition) is 3. The van der Waals surface area contributed by atoms with E-state index < -0.39 is 0 Å². The summed E-state index contributed by atoms with van der Waals surface area (Å²) in [6.07, 6.45) is 0.424. The topological polar surface area (TPSA) is 47.6 Å². The standard InChI is InChI=1S/C18H16BrNO3/c1-9-3-13-11(6-18(21)20-15(13)4-10(9)2)12-5-16-17(7-14(12)19)23-8-22-16/h3-5,7,11H,6,8H2,1-2H3,(H,20,21)/t11-/m1/s1. The maximum atomic E-state index is 12.2. The molecule has 2 aromatic carbocycles. The fraction of sp³-hybridized carbons (Fsp3) is 0.278. The summed E-state index contributed by atoms with van der Waals surface area (Å²) >= 11 is 3.62. The molecule has 4 rings (SSSR count). The number of amides is 1. The summed E-state index contributed by atoms with van der Waals surface area (Å²) in [5.41, 5.74) is 5.50. The highest BCUT2D eigenvalue weighted by Gasteiger charge is 2.30. The second kappa shape index (κ2) is 5.27. The van der Waals surface area contributed by atoms with Crippen molar-refractivity contribution >= 4 is 27.5 Å². The van der Waals surface area contributed by atoms with Crippen LogP contribution in [0.3, 0.4) is 0 Å². The second-order valence-electron chi connectivity index (χ2n) is 6.06. The normalized spacial score (nSPS) is 18.6. The van der Waals surface area contributed by atoms with Gasteiger partial charge < -0.3 is 14.8 Å². The van der Waals surface area contributed by atoms with Crippen LogP contribution in [0.5, 0.6) is 11.5 Å². The van der Waals surface area contributed by atoms with Crippen LogP contribution in [-0.2, 0) is 4.79 Å². The first kappa shape index (κ1) is 14.6. The molecule has 0 aromatic heterocycles. The molecule has 118 valence electrons. The van der Waals surface area contributed by atoms with E-state index >= 15 is 0 Å². The van der Waals surface area contributed by atoms with Crippen molar-refractivity contribution in [1.82, 2.24) is 0 Å². The van der Waals surface area contributed by atoms with Gasteiger partial charge in [0.1, 0.15) is 0 Å². The minimum atomic E-state index is 0.00178. The van der Waals surface area contributed by atoms with Gasteiger partial charge in [-0.1, -0.05) is 22.0 Å². The molecule has 0 spiro atoms. The summed E-state index contributed by atoms with van der Waals surface area (Å²) in [6.45, 7) is 4.39. The van der Waals surface area contributed by atoms with Crippen molar-refractivity contribution in [3.63, 3.8) is 0 Å². The molecule has 2 aliphatic heterocycles. The third-order valence-corrected chi connectivity index (χ3v) is 5.26. The average Bonchev–Trinajstić information content (AvgIpc) is 2.94. The maximum absolute atomic E-state index is 12.2. The fourth-order valence-corrected chi connectivity index (χ4v) is 3.81. The number of aryl methyl sites for hydroxylation is 2. The third kappa shape index (κ3) is 2.39. The lowest BCUT2D eigenvalue weighted by atomic mass is 9.83. The van der Waals surface area contributed by atoms with Gasteiger partial charge in [-0.2, -0.15) is 0 Å². The van der Waals surface area contributed by atoms with Crippen LogP contribution in [0, 0.1) is 13.8 Å². The highest BCUT2D eigenvalue weighted by Crippen LogP contribution is 2.45. The SMILES string of the molecule is Cc1cc2c(cc1C)[C@@H](c1cc3c(cc1Br)OCO3)CC(=O)N2. The van der Waals surface area contributed by atoms with E-state index in [1.54, 1.807) is 0 Å². The van der Waals surface area contributed by atoms with Gasteiger partial charge in [0.25, 0.3) is 0 Å². The first-order chi connectivity index (χ1) is 11.0. The molecule has 23 heavy (non-hydrogen) atoms. The van der Waals surface area contributed by atoms with Gasteiger partial charge in [0.15, 0.2) is 11.5 Å². The summed E-state index contributed by atoms with van der Waals surface area (Å²) < 4.78 is 11.9. The summed E-state index contributed by atoms with van der Waals surface area (Å²) in [7, 11) is 0. The average molecular weight is 374 g/mol. The van der Waals surface area contributed by atoms with Gasteiger partial charge in [-0.05, 0) is 54.3 Å². The zero-order valence-corrected chi connectivity index (χ0v) is 14.5. The Hall–Kier alpha value is -2.01. The molecule has 0 aliphatic carbocycles. The minimum Gasteiger partial charge on any atom is -0.454 e. The Kier molecular flexibility index (Phi) is 3.34. The van der Waals surface area contributed by atoms with Crippen molar-refractivity contribution in [2.45, 2.75) is 26.2 Å². The van der Waals surface area contributed by atoms with Crippen LogP contribution in [0.1, 0.15) is 34.6 Å². The number of fused-ring (bicyclic) bond motifs is 2. The van der Waals surface area contributed by atoms with E-state index in [0.29, 0.717) is 6.42 Å². The summed E-state index contributed by atoms with van der Waals surface area (Å²) in [5, 5.41) is 2.99. The van der Waals surface area contributed by atoms with Crippen LogP contribution in [0.2, 0.25) is 0 Å². The van der Waals surface area contributed by atoms with Crippen LogP contribution in [0.4, 0.5) is 5.69 Å². The van der Waals surface area contributed by atoms with Crippen molar-refractivity contribution in [1.29, 1.82) is 0 Å². The van der Waals surface area contributed by atoms with Crippen molar-refractivity contribution in [2.24, 2.45) is 0 Å². The Morgan fingerprint density at radius 3 is 2.52 bits per heavy atom. The second-order valence-corrected chi connectivity index (χ2v) is 6.91. The minimum absolute atomic E-state index is 0.00178. The first-order valence-electron chi connectivity index (χ1n) is 7.53. The Labute approximate surface area is 142 Å². The molecule has 2 aliphatic rings. The van der Waals surface area contributed by atoms with E-state index in [2.05, 4.69) is 47.2 Å². The number of benzene rings is 2. The third-order valence-electron chi connectivity index (χ3n) is 4.57. The largest absolute Gasteiger partial charge is 0.454 e. The van der Waals surface area contributed by atoms with Crippen LogP contribution >= 0.6 is 15.9 Å². The number of ether oxygens (including phenoxy) is 2. The molecule has 1 amide bonds. The van der Waals surface area contributed by atoms with E-state index in [1.807, 2.05) is 12.1 Å². The Morgan fingerprint density at radius 2 is 1.74 bits per heavy atom. The quantitative estimate of drug-likeness (QED) is 0.811. The summed E-state index contributed by atoms with van der Waals surface area (Å²) in [6, 6.07) is 8.13. The number of rotatable bonds is 1. The lowest BCUT2D eigenvalue weighted by Crippen LogP contribution is -2.24. The molecule has 2 heterocycles. The van der Waals surface area contributed by atoms with E-state index in [1.165, 1.54) is 11.1 Å². The maximum Gasteiger partial charge on any atom is 0.231 e. The molecule has 1 N–H and O–H groups in total. The molecule has 1 atom stereocenters. The van der Waals surface area contributed by atoms with Crippen LogP contribution in [-0.4, -0.2) is 12.7 Å². The van der Waals surface area contributed by atoms with Gasteiger partial charge in [-0.25, -0.2) is 0 Å². The van der Waals surface area contributed by atoms with E-state index in [-0.39, 0.29) is 18.6 Å². The predicted molar refractivity (Wildman–Crippen MR) is 91.3 cm³/mol. The number of carbonyl (C=O) groups excluding carboxylic acids is 1. The number of halogens is 1. The van der Waals surface area contributed by atoms with Crippen molar-refractivity contribution in [2.75, 3.05) is 12.1 Å². The smallest absolute Gasteiger partial charge is 0.231 e. The molecule has 0 fully saturated rings. The zero-order chi connectivity index (χ0) is 16.1. The molecule has 0 bridgehead atoms. The number of carbonyl (C=O) groups is 1. The molecule has 5 heteroatoms. The van der Waals surface area contributed by atoms with Crippen LogP contribution < -0.4 is 14.8 Å². The van der Waals surface area contributed by atoms with E-state index in [0.717, 1.165) is 32.8 Å². The lowest BCUT2D eigenvalue weighted by Gasteiger charge is -2.28. The lowest BCUT2D eigenvalue weighted by molar-refractivity contribution is -0.116. The molecule has 0 saturated heterocycles. The number of anilines is 1. The molecular weight excluding hydrogens is 358 g/mol. The molecule has 0 saturated carbocycles. The number of nitrogens with one attached hydrogen (secondary N) is 1. The number of hydrogen-bond donors (Lipinski definition) is 1. The highest BCUT2D eigenvalue weighted by atomic mass is 79.9. The molecule has 0 unspecified atom stereocenters. The van der Waals surface area contributed by atoms with Gasteiger partial charge in [0.2, 0.25) is 12.7 Å². The molecule has 4 nitrogen and oxygen atoms in total. The summed E-state index contributed by atoms with van der Waals surface area (Å²) in [5.74, 6) is 1.51. The highest BCUT2D eigenvalue weighted by molar-refractivity contribution is 9.10. The van der Waals surface area contributed by atoms with E-state index in [9.17, 15) is 4.79 Å². The van der Waals surface area contributed by atoms with Crippen LogP contribution in [0.25, 0.3) is 0 Å². The van der Waals surface area contributed by atoms with Gasteiger partial charge in [-0.3, -0.25) is 4.79 Å². The Bertz CT molecular complexity index is 832. The first-order valence-corrected chi connectivity index (χ1v) is 8.32. The molecule has 0 radical (unpaired) electrons. The monoisotopic (exact) mass is 373 g/mol. The van der Waals surface area contributed by atoms with Gasteiger partial charge >= 0.3 is 0 Å². The predicted octanol–water partition coefficient (Wildman–Crippen LogP) is 4.27. The zero-order valence-electron chi connectivity index (χ0n) is 12.9. The Morgan fingerprint density at radius 1 is 1.04 bits per heavy atom. The van der Waals surface area contributed by atoms with Gasteiger partial charge in [0.05, 0.1) is 0 Å². The van der Waals surface area contributed by atoms with Gasteiger partial charge in [0, 0.05) is 22.5 Å². The van der Waals surface area contributed by atoms with Crippen molar-refractivity contribution in [3.8, 4) is 11.5 Å². The molecule has 2 aromatic rings. The van der Waals surface area contributed by atoms with Crippen molar-refractivity contribution in [3.05, 3.63) is 51.0 Å². The molecular formula is C18H16BrNO3. The Balaban J connectivity index is 1.87. The van der Waals surface area contributed by atoms with Gasteiger partial charge in [-0.15, -0.1) is 0 Å². The van der Waals surface area contributed by atoms with Crippen molar-refractivity contribution < 1.29 is 14.3 Å².